The van der Waals surface area contributed by atoms with Gasteiger partial charge in [0.15, 0.2) is 5.82 Å². The summed E-state index contributed by atoms with van der Waals surface area (Å²) in [6.07, 6.45) is 1.27. The summed E-state index contributed by atoms with van der Waals surface area (Å²) in [4.78, 5) is 41.8. The van der Waals surface area contributed by atoms with Crippen molar-refractivity contribution in [2.75, 3.05) is 5.32 Å². The van der Waals surface area contributed by atoms with E-state index in [4.69, 9.17) is 0 Å². The number of amides is 1. The SMILES string of the molecule is O=C(Nc1cc(=O)[nH]c2nc(CCc3ccccc3)nn12)c1cccc([N+](=O)[O-])c1. The number of carbonyl (C=O) groups is 1. The van der Waals surface area contributed by atoms with E-state index in [-0.39, 0.29) is 22.8 Å². The maximum absolute atomic E-state index is 12.6. The van der Waals surface area contributed by atoms with Gasteiger partial charge in [0, 0.05) is 30.2 Å². The first-order valence-electron chi connectivity index (χ1n) is 9.08. The molecule has 0 aliphatic heterocycles. The number of aromatic nitrogens is 4. The van der Waals surface area contributed by atoms with Crippen LogP contribution in [-0.2, 0) is 12.8 Å². The Morgan fingerprint density at radius 2 is 1.90 bits per heavy atom. The van der Waals surface area contributed by atoms with Crippen molar-refractivity contribution < 1.29 is 9.72 Å². The minimum atomic E-state index is -0.605. The third kappa shape index (κ3) is 4.07. The number of H-pyrrole nitrogens is 1. The van der Waals surface area contributed by atoms with Gasteiger partial charge in [0.2, 0.25) is 5.78 Å². The normalized spacial score (nSPS) is 10.8. The van der Waals surface area contributed by atoms with Gasteiger partial charge in [0.25, 0.3) is 17.2 Å². The fourth-order valence-corrected chi connectivity index (χ4v) is 2.98. The second-order valence-electron chi connectivity index (χ2n) is 6.53. The highest BCUT2D eigenvalue weighted by atomic mass is 16.6. The molecule has 0 atom stereocenters. The first kappa shape index (κ1) is 19.0. The molecular weight excluding hydrogens is 388 g/mol. The fraction of sp³-hybridized carbons (Fsp3) is 0.100. The van der Waals surface area contributed by atoms with Crippen LogP contribution in [0.3, 0.4) is 0 Å². The Hall–Kier alpha value is -4.34. The van der Waals surface area contributed by atoms with Crippen molar-refractivity contribution in [3.8, 4) is 0 Å². The summed E-state index contributed by atoms with van der Waals surface area (Å²) in [5, 5.41) is 17.9. The summed E-state index contributed by atoms with van der Waals surface area (Å²) in [7, 11) is 0. The Morgan fingerprint density at radius 1 is 1.10 bits per heavy atom. The predicted octanol–water partition coefficient (Wildman–Crippen LogP) is 2.36. The smallest absolute Gasteiger partial charge is 0.270 e. The van der Waals surface area contributed by atoms with Gasteiger partial charge in [-0.05, 0) is 18.1 Å². The monoisotopic (exact) mass is 404 g/mol. The summed E-state index contributed by atoms with van der Waals surface area (Å²) in [5.74, 6) is 0.210. The van der Waals surface area contributed by atoms with E-state index in [0.29, 0.717) is 12.2 Å². The van der Waals surface area contributed by atoms with Crippen LogP contribution < -0.4 is 10.9 Å². The molecule has 2 heterocycles. The number of aryl methyl sites for hydroxylation is 2. The standard InChI is InChI=1S/C20H16N6O4/c27-18-12-17(22-19(28)14-7-4-8-15(11-14)26(29)30)25-20(23-18)21-16(24-25)10-9-13-5-2-1-3-6-13/h1-8,11-12H,9-10H2,(H,22,28)(H,21,23,24,27). The van der Waals surface area contributed by atoms with Gasteiger partial charge in [0.1, 0.15) is 5.82 Å². The van der Waals surface area contributed by atoms with Gasteiger partial charge in [-0.15, -0.1) is 5.10 Å². The van der Waals surface area contributed by atoms with Gasteiger partial charge in [-0.1, -0.05) is 36.4 Å². The van der Waals surface area contributed by atoms with E-state index in [1.165, 1.54) is 28.8 Å². The lowest BCUT2D eigenvalue weighted by molar-refractivity contribution is -0.384. The second-order valence-corrected chi connectivity index (χ2v) is 6.53. The molecule has 0 saturated heterocycles. The van der Waals surface area contributed by atoms with Crippen LogP contribution in [0.15, 0.2) is 65.5 Å². The molecule has 1 amide bonds. The van der Waals surface area contributed by atoms with E-state index >= 15 is 0 Å². The molecule has 2 N–H and O–H groups in total. The maximum atomic E-state index is 12.6. The van der Waals surface area contributed by atoms with E-state index in [2.05, 4.69) is 20.4 Å². The van der Waals surface area contributed by atoms with Crippen molar-refractivity contribution in [1.29, 1.82) is 0 Å². The van der Waals surface area contributed by atoms with Crippen LogP contribution in [-0.4, -0.2) is 30.4 Å². The molecule has 0 aliphatic rings. The highest BCUT2D eigenvalue weighted by molar-refractivity contribution is 6.04. The van der Waals surface area contributed by atoms with Crippen LogP contribution in [0.25, 0.3) is 5.78 Å². The number of hydrogen-bond acceptors (Lipinski definition) is 6. The third-order valence-electron chi connectivity index (χ3n) is 4.42. The van der Waals surface area contributed by atoms with Crippen LogP contribution >= 0.6 is 0 Å². The first-order valence-corrected chi connectivity index (χ1v) is 9.08. The molecule has 0 spiro atoms. The maximum Gasteiger partial charge on any atom is 0.270 e. The van der Waals surface area contributed by atoms with Crippen LogP contribution in [0, 0.1) is 10.1 Å². The molecule has 150 valence electrons. The summed E-state index contributed by atoms with van der Waals surface area (Å²) in [6.45, 7) is 0. The Labute approximate surface area is 169 Å². The molecule has 0 unspecified atom stereocenters. The van der Waals surface area contributed by atoms with Crippen LogP contribution in [0.5, 0.6) is 0 Å². The lowest BCUT2D eigenvalue weighted by atomic mass is 10.1. The molecule has 0 radical (unpaired) electrons. The highest BCUT2D eigenvalue weighted by Gasteiger charge is 2.15. The molecule has 30 heavy (non-hydrogen) atoms. The van der Waals surface area contributed by atoms with Crippen molar-refractivity contribution in [2.24, 2.45) is 0 Å². The van der Waals surface area contributed by atoms with Gasteiger partial charge in [0.05, 0.1) is 4.92 Å². The number of nitrogens with one attached hydrogen (secondary N) is 2. The first-order chi connectivity index (χ1) is 14.5. The van der Waals surface area contributed by atoms with E-state index in [1.807, 2.05) is 30.3 Å². The van der Waals surface area contributed by atoms with Crippen molar-refractivity contribution in [1.82, 2.24) is 19.6 Å². The lowest BCUT2D eigenvalue weighted by Gasteiger charge is -2.06. The molecule has 10 nitrogen and oxygen atoms in total. The quantitative estimate of drug-likeness (QED) is 0.374. The summed E-state index contributed by atoms with van der Waals surface area (Å²) >= 11 is 0. The molecule has 10 heteroatoms. The summed E-state index contributed by atoms with van der Waals surface area (Å²) < 4.78 is 1.33. The Bertz CT molecular complexity index is 1300. The number of carbonyl (C=O) groups excluding carboxylic acids is 1. The Kier molecular flexibility index (Phi) is 5.04. The molecule has 4 rings (SSSR count). The lowest BCUT2D eigenvalue weighted by Crippen LogP contribution is -2.18. The number of nitro benzene ring substituents is 1. The van der Waals surface area contributed by atoms with Crippen molar-refractivity contribution in [2.45, 2.75) is 12.8 Å². The Balaban J connectivity index is 1.60. The minimum Gasteiger partial charge on any atom is -0.306 e. The molecule has 0 bridgehead atoms. The number of nitrogens with zero attached hydrogens (tertiary/aromatic N) is 4. The van der Waals surface area contributed by atoms with Crippen molar-refractivity contribution in [3.63, 3.8) is 0 Å². The summed E-state index contributed by atoms with van der Waals surface area (Å²) in [5.41, 5.74) is 0.549. The number of non-ortho nitro benzene ring substituents is 1. The van der Waals surface area contributed by atoms with Gasteiger partial charge in [-0.3, -0.25) is 24.7 Å². The van der Waals surface area contributed by atoms with E-state index in [1.54, 1.807) is 0 Å². The zero-order valence-corrected chi connectivity index (χ0v) is 15.6. The number of anilines is 1. The van der Waals surface area contributed by atoms with Gasteiger partial charge >= 0.3 is 0 Å². The van der Waals surface area contributed by atoms with E-state index in [9.17, 15) is 19.7 Å². The topological polar surface area (TPSA) is 135 Å². The molecular formula is C20H16N6O4. The number of fused-ring (bicyclic) bond motifs is 1. The predicted molar refractivity (Wildman–Crippen MR) is 109 cm³/mol. The number of rotatable bonds is 6. The van der Waals surface area contributed by atoms with Crippen molar-refractivity contribution >= 4 is 23.2 Å². The van der Waals surface area contributed by atoms with Crippen molar-refractivity contribution in [3.05, 3.63) is 98.1 Å². The van der Waals surface area contributed by atoms with Crippen LogP contribution in [0.2, 0.25) is 0 Å². The van der Waals surface area contributed by atoms with Gasteiger partial charge in [-0.25, -0.2) is 0 Å². The fourth-order valence-electron chi connectivity index (χ4n) is 2.98. The Morgan fingerprint density at radius 3 is 2.67 bits per heavy atom. The van der Waals surface area contributed by atoms with E-state index in [0.717, 1.165) is 18.1 Å². The molecule has 0 aliphatic carbocycles. The molecule has 2 aromatic carbocycles. The molecule has 2 aromatic heterocycles. The van der Waals surface area contributed by atoms with Gasteiger partial charge < -0.3 is 5.32 Å². The number of aromatic amines is 1. The summed E-state index contributed by atoms with van der Waals surface area (Å²) in [6, 6.07) is 16.3. The molecule has 0 fully saturated rings. The van der Waals surface area contributed by atoms with Gasteiger partial charge in [-0.2, -0.15) is 9.50 Å². The third-order valence-corrected chi connectivity index (χ3v) is 4.42. The van der Waals surface area contributed by atoms with E-state index < -0.39 is 16.4 Å². The minimum absolute atomic E-state index is 0.0852. The molecule has 4 aromatic rings. The average molecular weight is 404 g/mol. The number of hydrogen-bond donors (Lipinski definition) is 2. The second kappa shape index (κ2) is 7.95. The zero-order chi connectivity index (χ0) is 21.1. The largest absolute Gasteiger partial charge is 0.306 e. The zero-order valence-electron chi connectivity index (χ0n) is 15.6. The number of benzene rings is 2. The van der Waals surface area contributed by atoms with Crippen LogP contribution in [0.1, 0.15) is 21.7 Å². The van der Waals surface area contributed by atoms with Crippen LogP contribution in [0.4, 0.5) is 11.5 Å². The number of nitro groups is 1. The average Bonchev–Trinajstić information content (AvgIpc) is 3.16. The highest BCUT2D eigenvalue weighted by Crippen LogP contribution is 2.15. The molecule has 0 saturated carbocycles.